The average Bonchev–Trinajstić information content (AvgIpc) is 2.83. The third-order valence-corrected chi connectivity index (χ3v) is 3.37. The monoisotopic (exact) mass is 268 g/mol. The number of ether oxygens (including phenoxy) is 1. The fourth-order valence-electron chi connectivity index (χ4n) is 1.38. The van der Waals surface area contributed by atoms with E-state index in [0.29, 0.717) is 24.1 Å². The van der Waals surface area contributed by atoms with Crippen LogP contribution in [0.15, 0.2) is 29.6 Å². The maximum Gasteiger partial charge on any atom is 0.213 e. The molecule has 0 spiro atoms. The molecule has 0 bridgehead atoms. The molecule has 0 saturated heterocycles. The molecule has 0 saturated carbocycles. The Labute approximate surface area is 109 Å². The third kappa shape index (κ3) is 3.43. The van der Waals surface area contributed by atoms with Crippen molar-refractivity contribution < 1.29 is 4.74 Å². The number of aromatic nitrogens is 1. The molecule has 0 aliphatic carbocycles. The van der Waals surface area contributed by atoms with Crippen LogP contribution >= 0.6 is 22.9 Å². The fourth-order valence-corrected chi connectivity index (χ4v) is 2.16. The molecule has 2 aromatic rings. The van der Waals surface area contributed by atoms with E-state index in [1.54, 1.807) is 17.4 Å². The van der Waals surface area contributed by atoms with Gasteiger partial charge in [-0.05, 0) is 24.6 Å². The number of nitrogens with one attached hydrogen (secondary N) is 1. The van der Waals surface area contributed by atoms with Crippen LogP contribution in [0.5, 0.6) is 5.88 Å². The van der Waals surface area contributed by atoms with Gasteiger partial charge in [-0.3, -0.25) is 0 Å². The van der Waals surface area contributed by atoms with Crippen LogP contribution in [0.2, 0.25) is 5.02 Å². The van der Waals surface area contributed by atoms with E-state index in [0.717, 1.165) is 5.69 Å². The number of hydrogen-bond acceptors (Lipinski definition) is 4. The van der Waals surface area contributed by atoms with Crippen LogP contribution in [0.25, 0.3) is 0 Å². The minimum Gasteiger partial charge on any atom is -0.472 e. The second-order valence-electron chi connectivity index (χ2n) is 3.48. The van der Waals surface area contributed by atoms with Crippen molar-refractivity contribution in [1.82, 2.24) is 10.3 Å². The Morgan fingerprint density at radius 3 is 3.00 bits per heavy atom. The van der Waals surface area contributed by atoms with E-state index >= 15 is 0 Å². The SMILES string of the molecule is CNCc1nc(OCc2cccs2)ccc1Cl. The van der Waals surface area contributed by atoms with E-state index in [1.807, 2.05) is 30.6 Å². The standard InChI is InChI=1S/C12H13ClN2OS/c1-14-7-11-10(13)4-5-12(15-11)16-8-9-3-2-6-17-9/h2-6,14H,7-8H2,1H3. The number of hydrogen-bond donors (Lipinski definition) is 1. The van der Waals surface area contributed by atoms with Crippen LogP contribution in [0.4, 0.5) is 0 Å². The molecule has 0 fully saturated rings. The topological polar surface area (TPSA) is 34.2 Å². The molecule has 1 N–H and O–H groups in total. The van der Waals surface area contributed by atoms with E-state index in [4.69, 9.17) is 16.3 Å². The second-order valence-corrected chi connectivity index (χ2v) is 4.92. The van der Waals surface area contributed by atoms with Crippen LogP contribution in [0, 0.1) is 0 Å². The quantitative estimate of drug-likeness (QED) is 0.905. The van der Waals surface area contributed by atoms with Crippen molar-refractivity contribution in [3.63, 3.8) is 0 Å². The van der Waals surface area contributed by atoms with Crippen molar-refractivity contribution >= 4 is 22.9 Å². The Balaban J connectivity index is 2.03. The second kappa shape index (κ2) is 6.00. The molecule has 5 heteroatoms. The molecule has 0 unspecified atom stereocenters. The van der Waals surface area contributed by atoms with Crippen molar-refractivity contribution in [2.45, 2.75) is 13.2 Å². The first-order valence-electron chi connectivity index (χ1n) is 5.25. The van der Waals surface area contributed by atoms with Gasteiger partial charge in [0.1, 0.15) is 6.61 Å². The zero-order chi connectivity index (χ0) is 12.1. The molecule has 3 nitrogen and oxygen atoms in total. The van der Waals surface area contributed by atoms with Crippen LogP contribution < -0.4 is 10.1 Å². The summed E-state index contributed by atoms with van der Waals surface area (Å²) in [5.74, 6) is 0.605. The lowest BCUT2D eigenvalue weighted by atomic mass is 10.3. The number of pyridine rings is 1. The van der Waals surface area contributed by atoms with E-state index in [2.05, 4.69) is 10.3 Å². The number of thiophene rings is 1. The largest absolute Gasteiger partial charge is 0.472 e. The molecular weight excluding hydrogens is 256 g/mol. The summed E-state index contributed by atoms with van der Waals surface area (Å²) >= 11 is 7.69. The van der Waals surface area contributed by atoms with Gasteiger partial charge in [-0.25, -0.2) is 4.98 Å². The first-order chi connectivity index (χ1) is 8.29. The lowest BCUT2D eigenvalue weighted by Crippen LogP contribution is -2.08. The molecule has 0 radical (unpaired) electrons. The van der Waals surface area contributed by atoms with Gasteiger partial charge in [0.15, 0.2) is 0 Å². The maximum atomic E-state index is 6.02. The van der Waals surface area contributed by atoms with E-state index in [-0.39, 0.29) is 0 Å². The van der Waals surface area contributed by atoms with Crippen molar-refractivity contribution in [2.75, 3.05) is 7.05 Å². The van der Waals surface area contributed by atoms with Gasteiger partial charge < -0.3 is 10.1 Å². The molecule has 0 aromatic carbocycles. The van der Waals surface area contributed by atoms with Gasteiger partial charge in [-0.2, -0.15) is 0 Å². The van der Waals surface area contributed by atoms with Crippen LogP contribution in [0.1, 0.15) is 10.6 Å². The van der Waals surface area contributed by atoms with Crippen molar-refractivity contribution in [1.29, 1.82) is 0 Å². The minimum atomic E-state index is 0.547. The summed E-state index contributed by atoms with van der Waals surface area (Å²) in [7, 11) is 1.86. The van der Waals surface area contributed by atoms with Crippen molar-refractivity contribution in [3.8, 4) is 5.88 Å². The highest BCUT2D eigenvalue weighted by Crippen LogP contribution is 2.19. The van der Waals surface area contributed by atoms with Crippen LogP contribution in [0.3, 0.4) is 0 Å². The molecule has 0 aliphatic rings. The molecule has 0 atom stereocenters. The zero-order valence-electron chi connectivity index (χ0n) is 9.44. The molecule has 0 amide bonds. The Bertz CT molecular complexity index is 473. The van der Waals surface area contributed by atoms with Crippen LogP contribution in [-0.2, 0) is 13.2 Å². The lowest BCUT2D eigenvalue weighted by Gasteiger charge is -2.07. The van der Waals surface area contributed by atoms with Gasteiger partial charge in [-0.15, -0.1) is 11.3 Å². The molecule has 0 aliphatic heterocycles. The average molecular weight is 269 g/mol. The van der Waals surface area contributed by atoms with E-state index < -0.39 is 0 Å². The fraction of sp³-hybridized carbons (Fsp3) is 0.250. The van der Waals surface area contributed by atoms with Crippen molar-refractivity contribution in [2.24, 2.45) is 0 Å². The Hall–Kier alpha value is -1.10. The summed E-state index contributed by atoms with van der Waals surface area (Å²) < 4.78 is 5.61. The number of nitrogens with zero attached hydrogens (tertiary/aromatic N) is 1. The number of rotatable bonds is 5. The Kier molecular flexibility index (Phi) is 4.36. The molecule has 2 aromatic heterocycles. The van der Waals surface area contributed by atoms with Gasteiger partial charge in [0.25, 0.3) is 0 Å². The lowest BCUT2D eigenvalue weighted by molar-refractivity contribution is 0.296. The first kappa shape index (κ1) is 12.4. The maximum absolute atomic E-state index is 6.02. The smallest absolute Gasteiger partial charge is 0.213 e. The summed E-state index contributed by atoms with van der Waals surface area (Å²) in [4.78, 5) is 5.53. The highest BCUT2D eigenvalue weighted by molar-refractivity contribution is 7.09. The van der Waals surface area contributed by atoms with Crippen LogP contribution in [-0.4, -0.2) is 12.0 Å². The normalized spacial score (nSPS) is 10.5. The summed E-state index contributed by atoms with van der Waals surface area (Å²) in [6.07, 6.45) is 0. The predicted molar refractivity (Wildman–Crippen MR) is 70.7 cm³/mol. The molecular formula is C12H13ClN2OS. The highest BCUT2D eigenvalue weighted by Gasteiger charge is 2.04. The Morgan fingerprint density at radius 1 is 1.41 bits per heavy atom. The predicted octanol–water partition coefficient (Wildman–Crippen LogP) is 3.09. The zero-order valence-corrected chi connectivity index (χ0v) is 11.0. The Morgan fingerprint density at radius 2 is 2.29 bits per heavy atom. The highest BCUT2D eigenvalue weighted by atomic mass is 35.5. The number of halogens is 1. The molecule has 2 rings (SSSR count). The summed E-state index contributed by atoms with van der Waals surface area (Å²) in [5, 5.41) is 5.70. The minimum absolute atomic E-state index is 0.547. The van der Waals surface area contributed by atoms with Crippen molar-refractivity contribution in [3.05, 3.63) is 45.2 Å². The summed E-state index contributed by atoms with van der Waals surface area (Å²) in [6.45, 7) is 1.18. The van der Waals surface area contributed by atoms with Gasteiger partial charge in [0.05, 0.1) is 10.7 Å². The van der Waals surface area contributed by atoms with Gasteiger partial charge in [0.2, 0.25) is 5.88 Å². The molecule has 90 valence electrons. The van der Waals surface area contributed by atoms with Gasteiger partial charge in [0, 0.05) is 17.5 Å². The third-order valence-electron chi connectivity index (χ3n) is 2.18. The first-order valence-corrected chi connectivity index (χ1v) is 6.50. The molecule has 17 heavy (non-hydrogen) atoms. The summed E-state index contributed by atoms with van der Waals surface area (Å²) in [6, 6.07) is 7.64. The van der Waals surface area contributed by atoms with E-state index in [9.17, 15) is 0 Å². The molecule has 2 heterocycles. The van der Waals surface area contributed by atoms with Gasteiger partial charge >= 0.3 is 0 Å². The van der Waals surface area contributed by atoms with E-state index in [1.165, 1.54) is 4.88 Å². The summed E-state index contributed by atoms with van der Waals surface area (Å²) in [5.41, 5.74) is 0.804. The van der Waals surface area contributed by atoms with Gasteiger partial charge in [-0.1, -0.05) is 17.7 Å².